The Kier molecular flexibility index (Phi) is 3.33. The van der Waals surface area contributed by atoms with Crippen LogP contribution in [-0.2, 0) is 13.0 Å². The summed E-state index contributed by atoms with van der Waals surface area (Å²) in [6, 6.07) is 0.491. The van der Waals surface area contributed by atoms with E-state index < -0.39 is 0 Å². The maximum absolute atomic E-state index is 5.49. The van der Waals surface area contributed by atoms with E-state index in [0.29, 0.717) is 12.0 Å². The van der Waals surface area contributed by atoms with Gasteiger partial charge in [0.1, 0.15) is 11.5 Å². The largest absolute Gasteiger partial charge is 0.361 e. The lowest BCUT2D eigenvalue weighted by Crippen LogP contribution is -2.23. The summed E-state index contributed by atoms with van der Waals surface area (Å²) in [4.78, 5) is 0. The Hall–Kier alpha value is -0.830. The van der Waals surface area contributed by atoms with E-state index in [-0.39, 0.29) is 0 Å². The number of rotatable bonds is 3. The molecule has 0 fully saturated rings. The molecule has 3 nitrogen and oxygen atoms in total. The quantitative estimate of drug-likeness (QED) is 0.854. The minimum absolute atomic E-state index is 0.491. The lowest BCUT2D eigenvalue weighted by molar-refractivity contribution is 0.323. The highest BCUT2D eigenvalue weighted by Crippen LogP contribution is 2.35. The van der Waals surface area contributed by atoms with E-state index in [1.165, 1.54) is 12.0 Å². The van der Waals surface area contributed by atoms with Crippen molar-refractivity contribution in [2.75, 3.05) is 0 Å². The first-order chi connectivity index (χ1) is 7.58. The molecular formula is C13H22N2O. The molecule has 2 atom stereocenters. The first-order valence-corrected chi connectivity index (χ1v) is 6.28. The Morgan fingerprint density at radius 3 is 2.88 bits per heavy atom. The molecule has 3 heteroatoms. The van der Waals surface area contributed by atoms with Crippen molar-refractivity contribution >= 4 is 0 Å². The highest BCUT2D eigenvalue weighted by Gasteiger charge is 2.28. The van der Waals surface area contributed by atoms with E-state index >= 15 is 0 Å². The van der Waals surface area contributed by atoms with Crippen LogP contribution in [0.3, 0.4) is 0 Å². The van der Waals surface area contributed by atoms with Gasteiger partial charge in [0.15, 0.2) is 0 Å². The number of nitrogens with zero attached hydrogens (tertiary/aromatic N) is 1. The van der Waals surface area contributed by atoms with Crippen LogP contribution in [0.4, 0.5) is 0 Å². The van der Waals surface area contributed by atoms with E-state index in [1.807, 2.05) is 0 Å². The molecule has 1 aromatic rings. The third-order valence-corrected chi connectivity index (χ3v) is 3.33. The Labute approximate surface area is 97.6 Å². The predicted molar refractivity (Wildman–Crippen MR) is 64.4 cm³/mol. The molecule has 2 rings (SSSR count). The van der Waals surface area contributed by atoms with Gasteiger partial charge in [-0.3, -0.25) is 0 Å². The van der Waals surface area contributed by atoms with Gasteiger partial charge < -0.3 is 9.84 Å². The zero-order valence-electron chi connectivity index (χ0n) is 10.7. The van der Waals surface area contributed by atoms with E-state index in [4.69, 9.17) is 4.52 Å². The van der Waals surface area contributed by atoms with Crippen LogP contribution < -0.4 is 5.32 Å². The monoisotopic (exact) mass is 222 g/mol. The maximum Gasteiger partial charge on any atom is 0.143 e. The smallest absolute Gasteiger partial charge is 0.143 e. The zero-order chi connectivity index (χ0) is 11.7. The van der Waals surface area contributed by atoms with Crippen LogP contribution in [0, 0.1) is 5.92 Å². The summed E-state index contributed by atoms with van der Waals surface area (Å²) in [5, 5.41) is 7.62. The Morgan fingerprint density at radius 1 is 1.44 bits per heavy atom. The molecule has 1 aromatic heterocycles. The zero-order valence-corrected chi connectivity index (χ0v) is 10.7. The van der Waals surface area contributed by atoms with E-state index in [2.05, 4.69) is 38.2 Å². The first kappa shape index (κ1) is 11.6. The molecule has 1 N–H and O–H groups in total. The molecule has 1 aliphatic rings. The molecule has 1 heterocycles. The van der Waals surface area contributed by atoms with Crippen LogP contribution in [0.1, 0.15) is 57.1 Å². The van der Waals surface area contributed by atoms with Gasteiger partial charge in [-0.25, -0.2) is 0 Å². The van der Waals surface area contributed by atoms with Crippen LogP contribution in [0.25, 0.3) is 0 Å². The third kappa shape index (κ3) is 2.29. The summed E-state index contributed by atoms with van der Waals surface area (Å²) in [5.41, 5.74) is 2.47. The molecule has 0 saturated carbocycles. The molecule has 0 aromatic carbocycles. The molecule has 0 amide bonds. The molecule has 0 spiro atoms. The van der Waals surface area contributed by atoms with Gasteiger partial charge in [0.25, 0.3) is 0 Å². The normalized spacial score (nSPS) is 24.8. The van der Waals surface area contributed by atoms with Crippen LogP contribution in [0.5, 0.6) is 0 Å². The lowest BCUT2D eigenvalue weighted by atomic mass is 9.82. The van der Waals surface area contributed by atoms with Crippen LogP contribution in [0.15, 0.2) is 4.52 Å². The van der Waals surface area contributed by atoms with Crippen molar-refractivity contribution in [3.8, 4) is 0 Å². The van der Waals surface area contributed by atoms with Gasteiger partial charge in [0, 0.05) is 24.1 Å². The highest BCUT2D eigenvalue weighted by atomic mass is 16.5. The molecule has 2 unspecified atom stereocenters. The third-order valence-electron chi connectivity index (χ3n) is 3.33. The maximum atomic E-state index is 5.49. The van der Waals surface area contributed by atoms with E-state index in [0.717, 1.165) is 30.3 Å². The van der Waals surface area contributed by atoms with Crippen LogP contribution >= 0.6 is 0 Å². The number of hydrogen-bond donors (Lipinski definition) is 1. The SMILES string of the molecule is CC1Cc2c(CNC(C)C)noc2C(C)C1. The molecule has 1 aliphatic carbocycles. The second kappa shape index (κ2) is 4.58. The van der Waals surface area contributed by atoms with Crippen LogP contribution in [-0.4, -0.2) is 11.2 Å². The fraction of sp³-hybridized carbons (Fsp3) is 0.769. The lowest BCUT2D eigenvalue weighted by Gasteiger charge is -2.22. The summed E-state index contributed by atoms with van der Waals surface area (Å²) < 4.78 is 5.49. The van der Waals surface area contributed by atoms with Crippen molar-refractivity contribution < 1.29 is 4.52 Å². The average molecular weight is 222 g/mol. The summed E-state index contributed by atoms with van der Waals surface area (Å²) in [6.45, 7) is 9.68. The Morgan fingerprint density at radius 2 is 2.19 bits per heavy atom. The van der Waals surface area contributed by atoms with E-state index in [9.17, 15) is 0 Å². The predicted octanol–water partition coefficient (Wildman–Crippen LogP) is 2.86. The van der Waals surface area contributed by atoms with Gasteiger partial charge in [0.05, 0.1) is 0 Å². The molecule has 0 aliphatic heterocycles. The Bertz CT molecular complexity index is 357. The van der Waals surface area contributed by atoms with Crippen molar-refractivity contribution in [2.24, 2.45) is 5.92 Å². The summed E-state index contributed by atoms with van der Waals surface area (Å²) in [5.74, 6) is 2.40. The number of aromatic nitrogens is 1. The van der Waals surface area contributed by atoms with Crippen LogP contribution in [0.2, 0.25) is 0 Å². The fourth-order valence-corrected chi connectivity index (χ4v) is 2.54. The summed E-state index contributed by atoms with van der Waals surface area (Å²) in [7, 11) is 0. The van der Waals surface area contributed by atoms with Crippen molar-refractivity contribution in [2.45, 2.75) is 59.0 Å². The van der Waals surface area contributed by atoms with Gasteiger partial charge >= 0.3 is 0 Å². The van der Waals surface area contributed by atoms with Gasteiger partial charge in [-0.15, -0.1) is 0 Å². The second-order valence-corrected chi connectivity index (χ2v) is 5.45. The molecule has 16 heavy (non-hydrogen) atoms. The van der Waals surface area contributed by atoms with E-state index in [1.54, 1.807) is 0 Å². The van der Waals surface area contributed by atoms with Gasteiger partial charge in [0.2, 0.25) is 0 Å². The van der Waals surface area contributed by atoms with Crippen molar-refractivity contribution in [1.29, 1.82) is 0 Å². The first-order valence-electron chi connectivity index (χ1n) is 6.28. The Balaban J connectivity index is 2.16. The highest BCUT2D eigenvalue weighted by molar-refractivity contribution is 5.28. The van der Waals surface area contributed by atoms with Crippen molar-refractivity contribution in [3.63, 3.8) is 0 Å². The van der Waals surface area contributed by atoms with Gasteiger partial charge in [-0.1, -0.05) is 32.9 Å². The molecule has 0 radical (unpaired) electrons. The topological polar surface area (TPSA) is 38.1 Å². The van der Waals surface area contributed by atoms with Crippen molar-refractivity contribution in [3.05, 3.63) is 17.0 Å². The fourth-order valence-electron chi connectivity index (χ4n) is 2.54. The van der Waals surface area contributed by atoms with Gasteiger partial charge in [-0.2, -0.15) is 0 Å². The minimum Gasteiger partial charge on any atom is -0.361 e. The number of fused-ring (bicyclic) bond motifs is 1. The summed E-state index contributed by atoms with van der Waals surface area (Å²) in [6.07, 6.45) is 2.34. The standard InChI is InChI=1S/C13H22N2O/c1-8(2)14-7-12-11-6-9(3)5-10(4)13(11)16-15-12/h8-10,14H,5-7H2,1-4H3. The minimum atomic E-state index is 0.491. The molecule has 0 bridgehead atoms. The van der Waals surface area contributed by atoms with Crippen molar-refractivity contribution in [1.82, 2.24) is 10.5 Å². The molecule has 0 saturated heterocycles. The number of hydrogen-bond acceptors (Lipinski definition) is 3. The molecule has 90 valence electrons. The second-order valence-electron chi connectivity index (χ2n) is 5.45. The number of nitrogens with one attached hydrogen (secondary N) is 1. The molecular weight excluding hydrogens is 200 g/mol. The van der Waals surface area contributed by atoms with Gasteiger partial charge in [-0.05, 0) is 18.8 Å². The summed E-state index contributed by atoms with van der Waals surface area (Å²) >= 11 is 0. The average Bonchev–Trinajstić information content (AvgIpc) is 2.58.